The van der Waals surface area contributed by atoms with Gasteiger partial charge in [-0.15, -0.1) is 0 Å². The van der Waals surface area contributed by atoms with E-state index in [0.717, 1.165) is 32.1 Å². The second-order valence-corrected chi connectivity index (χ2v) is 7.68. The second kappa shape index (κ2) is 6.42. The molecule has 1 fully saturated rings. The van der Waals surface area contributed by atoms with E-state index in [1.165, 1.54) is 23.4 Å². The molecule has 21 heavy (non-hydrogen) atoms. The Bertz CT molecular complexity index is 610. The van der Waals surface area contributed by atoms with Crippen LogP contribution < -0.4 is 0 Å². The van der Waals surface area contributed by atoms with Crippen LogP contribution in [-0.4, -0.2) is 30.9 Å². The van der Waals surface area contributed by atoms with Crippen LogP contribution >= 0.6 is 0 Å². The largest absolute Gasteiger partial charge is 0.392 e. The van der Waals surface area contributed by atoms with Crippen LogP contribution in [-0.2, 0) is 16.6 Å². The SMILES string of the molecule is Cc1cc(S(=O)(=O)N(C)C2CCCCC2)cc(CO)c1F. The lowest BCUT2D eigenvalue weighted by Crippen LogP contribution is -2.38. The monoisotopic (exact) mass is 315 g/mol. The zero-order chi connectivity index (χ0) is 15.6. The van der Waals surface area contributed by atoms with Crippen molar-refractivity contribution in [2.75, 3.05) is 7.05 Å². The molecular formula is C15H22FNO3S. The fraction of sp³-hybridized carbons (Fsp3) is 0.600. The molecule has 2 rings (SSSR count). The third kappa shape index (κ3) is 3.27. The molecule has 1 N–H and O–H groups in total. The predicted molar refractivity (Wildman–Crippen MR) is 78.9 cm³/mol. The summed E-state index contributed by atoms with van der Waals surface area (Å²) in [5.41, 5.74) is 0.253. The molecule has 0 aromatic heterocycles. The summed E-state index contributed by atoms with van der Waals surface area (Å²) in [6, 6.07) is 2.58. The Morgan fingerprint density at radius 1 is 1.29 bits per heavy atom. The van der Waals surface area contributed by atoms with Gasteiger partial charge in [0.25, 0.3) is 0 Å². The first-order valence-electron chi connectivity index (χ1n) is 7.26. The van der Waals surface area contributed by atoms with E-state index in [1.807, 2.05) is 0 Å². The Morgan fingerprint density at radius 2 is 1.90 bits per heavy atom. The van der Waals surface area contributed by atoms with Gasteiger partial charge in [-0.1, -0.05) is 19.3 Å². The van der Waals surface area contributed by atoms with Gasteiger partial charge in [0.1, 0.15) is 5.82 Å². The molecule has 0 unspecified atom stereocenters. The molecular weight excluding hydrogens is 293 g/mol. The Labute approximate surface area is 125 Å². The molecule has 1 aliphatic rings. The number of rotatable bonds is 4. The molecule has 0 saturated heterocycles. The lowest BCUT2D eigenvalue weighted by Gasteiger charge is -2.30. The van der Waals surface area contributed by atoms with Gasteiger partial charge < -0.3 is 5.11 Å². The molecule has 0 aliphatic heterocycles. The van der Waals surface area contributed by atoms with Crippen molar-refractivity contribution in [3.8, 4) is 0 Å². The Morgan fingerprint density at radius 3 is 2.48 bits per heavy atom. The smallest absolute Gasteiger partial charge is 0.243 e. The number of aliphatic hydroxyl groups is 1. The molecule has 1 saturated carbocycles. The van der Waals surface area contributed by atoms with Gasteiger partial charge in [-0.2, -0.15) is 4.31 Å². The zero-order valence-electron chi connectivity index (χ0n) is 12.5. The average molecular weight is 315 g/mol. The van der Waals surface area contributed by atoms with Gasteiger partial charge in [0.05, 0.1) is 11.5 Å². The quantitative estimate of drug-likeness (QED) is 0.929. The van der Waals surface area contributed by atoms with Crippen LogP contribution in [0.15, 0.2) is 17.0 Å². The fourth-order valence-electron chi connectivity index (χ4n) is 2.88. The molecule has 4 nitrogen and oxygen atoms in total. The Balaban J connectivity index is 2.36. The molecule has 1 aromatic rings. The van der Waals surface area contributed by atoms with Crippen LogP contribution in [0.25, 0.3) is 0 Å². The molecule has 0 bridgehead atoms. The normalized spacial score (nSPS) is 17.4. The van der Waals surface area contributed by atoms with Gasteiger partial charge in [0, 0.05) is 18.7 Å². The maximum absolute atomic E-state index is 13.8. The van der Waals surface area contributed by atoms with E-state index in [9.17, 15) is 17.9 Å². The minimum Gasteiger partial charge on any atom is -0.392 e. The summed E-state index contributed by atoms with van der Waals surface area (Å²) in [6.07, 6.45) is 4.95. The van der Waals surface area contributed by atoms with E-state index in [1.54, 1.807) is 7.05 Å². The summed E-state index contributed by atoms with van der Waals surface area (Å²) >= 11 is 0. The molecule has 0 spiro atoms. The summed E-state index contributed by atoms with van der Waals surface area (Å²) < 4.78 is 40.5. The van der Waals surface area contributed by atoms with Crippen molar-refractivity contribution in [2.24, 2.45) is 0 Å². The van der Waals surface area contributed by atoms with E-state index < -0.39 is 22.4 Å². The van der Waals surface area contributed by atoms with Crippen LogP contribution in [0.5, 0.6) is 0 Å². The number of benzene rings is 1. The summed E-state index contributed by atoms with van der Waals surface area (Å²) in [5, 5.41) is 9.17. The molecule has 6 heteroatoms. The van der Waals surface area contributed by atoms with Gasteiger partial charge in [-0.05, 0) is 37.5 Å². The summed E-state index contributed by atoms with van der Waals surface area (Å²) in [4.78, 5) is 0.0542. The number of hydrogen-bond donors (Lipinski definition) is 1. The van der Waals surface area contributed by atoms with Crippen LogP contribution in [0.2, 0.25) is 0 Å². The maximum atomic E-state index is 13.8. The minimum atomic E-state index is -3.65. The summed E-state index contributed by atoms with van der Waals surface area (Å²) in [7, 11) is -2.07. The Kier molecular flexibility index (Phi) is 5.01. The first-order valence-corrected chi connectivity index (χ1v) is 8.70. The molecule has 0 atom stereocenters. The van der Waals surface area contributed by atoms with E-state index >= 15 is 0 Å². The lowest BCUT2D eigenvalue weighted by atomic mass is 9.96. The average Bonchev–Trinajstić information content (AvgIpc) is 2.49. The predicted octanol–water partition coefficient (Wildman–Crippen LogP) is 2.58. The van der Waals surface area contributed by atoms with E-state index in [0.29, 0.717) is 0 Å². The van der Waals surface area contributed by atoms with Crippen LogP contribution in [0.4, 0.5) is 4.39 Å². The standard InChI is InChI=1S/C15H22FNO3S/c1-11-8-14(9-12(10-18)15(11)16)21(19,20)17(2)13-6-4-3-5-7-13/h8-9,13,18H,3-7,10H2,1-2H3. The van der Waals surface area contributed by atoms with Crippen LogP contribution in [0.3, 0.4) is 0 Å². The topological polar surface area (TPSA) is 57.6 Å². The molecule has 1 aromatic carbocycles. The fourth-order valence-corrected chi connectivity index (χ4v) is 4.43. The van der Waals surface area contributed by atoms with Crippen molar-refractivity contribution in [1.29, 1.82) is 0 Å². The van der Waals surface area contributed by atoms with Crippen molar-refractivity contribution in [1.82, 2.24) is 4.31 Å². The molecule has 118 valence electrons. The number of halogens is 1. The second-order valence-electron chi connectivity index (χ2n) is 5.68. The molecule has 0 amide bonds. The first-order chi connectivity index (χ1) is 9.87. The number of nitrogens with zero attached hydrogens (tertiary/aromatic N) is 1. The van der Waals surface area contributed by atoms with Crippen molar-refractivity contribution < 1.29 is 17.9 Å². The summed E-state index contributed by atoms with van der Waals surface area (Å²) in [5.74, 6) is -0.545. The van der Waals surface area contributed by atoms with Gasteiger partial charge in [0.2, 0.25) is 10.0 Å². The number of sulfonamides is 1. The zero-order valence-corrected chi connectivity index (χ0v) is 13.3. The highest BCUT2D eigenvalue weighted by molar-refractivity contribution is 7.89. The van der Waals surface area contributed by atoms with Crippen LogP contribution in [0, 0.1) is 12.7 Å². The van der Waals surface area contributed by atoms with Gasteiger partial charge >= 0.3 is 0 Å². The highest BCUT2D eigenvalue weighted by Crippen LogP contribution is 2.28. The number of hydrogen-bond acceptors (Lipinski definition) is 3. The third-order valence-corrected chi connectivity index (χ3v) is 6.13. The van der Waals surface area contributed by atoms with Crippen molar-refractivity contribution >= 4 is 10.0 Å². The maximum Gasteiger partial charge on any atom is 0.243 e. The van der Waals surface area contributed by atoms with Crippen molar-refractivity contribution in [3.05, 3.63) is 29.1 Å². The van der Waals surface area contributed by atoms with Gasteiger partial charge in [0.15, 0.2) is 0 Å². The molecule has 0 heterocycles. The van der Waals surface area contributed by atoms with E-state index in [4.69, 9.17) is 0 Å². The molecule has 0 radical (unpaired) electrons. The van der Waals surface area contributed by atoms with E-state index in [2.05, 4.69) is 0 Å². The first kappa shape index (κ1) is 16.4. The molecule has 1 aliphatic carbocycles. The third-order valence-electron chi connectivity index (χ3n) is 4.24. The van der Waals surface area contributed by atoms with Crippen molar-refractivity contribution in [3.63, 3.8) is 0 Å². The number of aliphatic hydroxyl groups excluding tert-OH is 1. The Hall–Kier alpha value is -0.980. The summed E-state index contributed by atoms with van der Waals surface area (Å²) in [6.45, 7) is 0.997. The number of aryl methyl sites for hydroxylation is 1. The lowest BCUT2D eigenvalue weighted by molar-refractivity contribution is 0.274. The highest BCUT2D eigenvalue weighted by atomic mass is 32.2. The van der Waals surface area contributed by atoms with Gasteiger partial charge in [-0.25, -0.2) is 12.8 Å². The van der Waals surface area contributed by atoms with Crippen molar-refractivity contribution in [2.45, 2.75) is 56.6 Å². The van der Waals surface area contributed by atoms with Gasteiger partial charge in [-0.3, -0.25) is 0 Å². The van der Waals surface area contributed by atoms with Crippen LogP contribution in [0.1, 0.15) is 43.2 Å². The highest BCUT2D eigenvalue weighted by Gasteiger charge is 2.29. The van der Waals surface area contributed by atoms with E-state index in [-0.39, 0.29) is 22.1 Å². The minimum absolute atomic E-state index is 0.00619.